The van der Waals surface area contributed by atoms with E-state index in [1.165, 1.54) is 11.1 Å². The van der Waals surface area contributed by atoms with Crippen molar-refractivity contribution in [1.29, 1.82) is 0 Å². The third kappa shape index (κ3) is 1.92. The predicted molar refractivity (Wildman–Crippen MR) is 70.0 cm³/mol. The molecule has 0 bridgehead atoms. The van der Waals surface area contributed by atoms with Crippen LogP contribution in [0.25, 0.3) is 0 Å². The summed E-state index contributed by atoms with van der Waals surface area (Å²) in [5.41, 5.74) is 4.27. The number of pyridine rings is 1. The Balaban J connectivity index is 1.90. The number of aromatic nitrogens is 1. The molecule has 3 rings (SSSR count). The molecule has 92 valence electrons. The number of hydrogen-bond donors (Lipinski definition) is 2. The number of aliphatic hydroxyl groups is 1. The van der Waals surface area contributed by atoms with E-state index in [9.17, 15) is 5.11 Å². The van der Waals surface area contributed by atoms with Crippen LogP contribution in [0, 0.1) is 6.92 Å². The topological polar surface area (TPSA) is 45.1 Å². The lowest BCUT2D eigenvalue weighted by Gasteiger charge is -2.19. The van der Waals surface area contributed by atoms with E-state index in [-0.39, 0.29) is 6.04 Å². The van der Waals surface area contributed by atoms with Crippen molar-refractivity contribution in [3.63, 3.8) is 0 Å². The summed E-state index contributed by atoms with van der Waals surface area (Å²) >= 11 is 0. The van der Waals surface area contributed by atoms with E-state index in [1.54, 1.807) is 6.20 Å². The molecule has 18 heavy (non-hydrogen) atoms. The molecule has 3 heteroatoms. The van der Waals surface area contributed by atoms with Gasteiger partial charge in [-0.15, -0.1) is 0 Å². The molecule has 2 atom stereocenters. The molecule has 2 unspecified atom stereocenters. The van der Waals surface area contributed by atoms with Gasteiger partial charge in [-0.25, -0.2) is 0 Å². The molecule has 2 heterocycles. The van der Waals surface area contributed by atoms with Gasteiger partial charge in [-0.05, 0) is 24.1 Å². The average molecular weight is 240 g/mol. The molecule has 0 fully saturated rings. The standard InChI is InChI=1S/C15H16N2O/c1-10-6-7-12(9-16-10)15(18)14-13-5-3-2-4-11(13)8-17-14/h2-7,9,14-15,17-18H,8H2,1H3. The van der Waals surface area contributed by atoms with Crippen molar-refractivity contribution >= 4 is 0 Å². The Bertz CT molecular complexity index is 551. The monoisotopic (exact) mass is 240 g/mol. The predicted octanol–water partition coefficient (Wildman–Crippen LogP) is 2.27. The summed E-state index contributed by atoms with van der Waals surface area (Å²) in [7, 11) is 0. The van der Waals surface area contributed by atoms with Crippen molar-refractivity contribution in [1.82, 2.24) is 10.3 Å². The van der Waals surface area contributed by atoms with Gasteiger partial charge in [0.15, 0.2) is 0 Å². The number of aryl methyl sites for hydroxylation is 1. The van der Waals surface area contributed by atoms with E-state index in [0.29, 0.717) is 0 Å². The maximum Gasteiger partial charge on any atom is 0.0999 e. The molecule has 0 aliphatic carbocycles. The summed E-state index contributed by atoms with van der Waals surface area (Å²) in [6, 6.07) is 12.1. The van der Waals surface area contributed by atoms with E-state index in [2.05, 4.69) is 22.4 Å². The highest BCUT2D eigenvalue weighted by Gasteiger charge is 2.28. The molecule has 2 aromatic rings. The van der Waals surface area contributed by atoms with E-state index < -0.39 is 6.10 Å². The van der Waals surface area contributed by atoms with Gasteiger partial charge in [0, 0.05) is 24.0 Å². The molecule has 0 saturated carbocycles. The first-order valence-corrected chi connectivity index (χ1v) is 6.17. The Kier molecular flexibility index (Phi) is 2.86. The Morgan fingerprint density at radius 2 is 2.11 bits per heavy atom. The highest BCUT2D eigenvalue weighted by atomic mass is 16.3. The van der Waals surface area contributed by atoms with Crippen molar-refractivity contribution in [3.05, 3.63) is 65.0 Å². The van der Waals surface area contributed by atoms with Crippen molar-refractivity contribution in [2.24, 2.45) is 0 Å². The lowest BCUT2D eigenvalue weighted by molar-refractivity contribution is 0.133. The van der Waals surface area contributed by atoms with Crippen LogP contribution in [-0.2, 0) is 6.54 Å². The smallest absolute Gasteiger partial charge is 0.0999 e. The van der Waals surface area contributed by atoms with E-state index in [4.69, 9.17) is 0 Å². The highest BCUT2D eigenvalue weighted by Crippen LogP contribution is 2.34. The number of nitrogens with zero attached hydrogens (tertiary/aromatic N) is 1. The molecule has 0 saturated heterocycles. The summed E-state index contributed by atoms with van der Waals surface area (Å²) in [5, 5.41) is 13.8. The van der Waals surface area contributed by atoms with Crippen molar-refractivity contribution < 1.29 is 5.11 Å². The molecule has 2 N–H and O–H groups in total. The summed E-state index contributed by atoms with van der Waals surface area (Å²) in [6.07, 6.45) is 1.20. The number of aliphatic hydroxyl groups excluding tert-OH is 1. The molecule has 0 radical (unpaired) electrons. The number of hydrogen-bond acceptors (Lipinski definition) is 3. The van der Waals surface area contributed by atoms with Crippen LogP contribution in [0.1, 0.15) is 34.5 Å². The fraction of sp³-hybridized carbons (Fsp3) is 0.267. The normalized spacial score (nSPS) is 19.6. The quantitative estimate of drug-likeness (QED) is 0.846. The summed E-state index contributed by atoms with van der Waals surface area (Å²) in [5.74, 6) is 0. The fourth-order valence-electron chi connectivity index (χ4n) is 2.46. The molecule has 3 nitrogen and oxygen atoms in total. The maximum absolute atomic E-state index is 10.5. The summed E-state index contributed by atoms with van der Waals surface area (Å²) in [4.78, 5) is 4.24. The molecule has 1 aliphatic heterocycles. The zero-order valence-electron chi connectivity index (χ0n) is 10.3. The Labute approximate surface area is 107 Å². The first-order chi connectivity index (χ1) is 8.75. The Morgan fingerprint density at radius 1 is 1.28 bits per heavy atom. The van der Waals surface area contributed by atoms with E-state index >= 15 is 0 Å². The van der Waals surface area contributed by atoms with Gasteiger partial charge >= 0.3 is 0 Å². The second-order valence-corrected chi connectivity index (χ2v) is 4.74. The van der Waals surface area contributed by atoms with E-state index in [1.807, 2.05) is 31.2 Å². The van der Waals surface area contributed by atoms with Crippen molar-refractivity contribution in [2.45, 2.75) is 25.6 Å². The van der Waals surface area contributed by atoms with Gasteiger partial charge in [0.2, 0.25) is 0 Å². The number of rotatable bonds is 2. The molecule has 0 amide bonds. The largest absolute Gasteiger partial charge is 0.386 e. The third-order valence-electron chi connectivity index (χ3n) is 3.49. The van der Waals surface area contributed by atoms with Crippen LogP contribution in [0.15, 0.2) is 42.6 Å². The van der Waals surface area contributed by atoms with Gasteiger partial charge in [0.05, 0.1) is 12.1 Å². The summed E-state index contributed by atoms with van der Waals surface area (Å²) < 4.78 is 0. The SMILES string of the molecule is Cc1ccc(C(O)C2NCc3ccccc32)cn1. The van der Waals surface area contributed by atoms with Crippen molar-refractivity contribution in [2.75, 3.05) is 0 Å². The maximum atomic E-state index is 10.5. The lowest BCUT2D eigenvalue weighted by Crippen LogP contribution is -2.20. The van der Waals surface area contributed by atoms with E-state index in [0.717, 1.165) is 17.8 Å². The molecule has 1 aliphatic rings. The van der Waals surface area contributed by atoms with Crippen LogP contribution in [-0.4, -0.2) is 10.1 Å². The van der Waals surface area contributed by atoms with Crippen LogP contribution in [0.5, 0.6) is 0 Å². The van der Waals surface area contributed by atoms with Gasteiger partial charge in [-0.3, -0.25) is 4.98 Å². The second-order valence-electron chi connectivity index (χ2n) is 4.74. The Hall–Kier alpha value is -1.71. The number of fused-ring (bicyclic) bond motifs is 1. The Morgan fingerprint density at radius 3 is 2.89 bits per heavy atom. The highest BCUT2D eigenvalue weighted by molar-refractivity contribution is 5.36. The minimum absolute atomic E-state index is 0.0364. The first kappa shape index (κ1) is 11.4. The first-order valence-electron chi connectivity index (χ1n) is 6.17. The van der Waals surface area contributed by atoms with Crippen LogP contribution < -0.4 is 5.32 Å². The molecule has 1 aromatic heterocycles. The average Bonchev–Trinajstić information content (AvgIpc) is 2.82. The van der Waals surface area contributed by atoms with Gasteiger partial charge in [0.1, 0.15) is 0 Å². The fourth-order valence-corrected chi connectivity index (χ4v) is 2.46. The third-order valence-corrected chi connectivity index (χ3v) is 3.49. The zero-order valence-corrected chi connectivity index (χ0v) is 10.3. The van der Waals surface area contributed by atoms with Gasteiger partial charge in [0.25, 0.3) is 0 Å². The number of nitrogens with one attached hydrogen (secondary N) is 1. The second kappa shape index (κ2) is 4.52. The number of benzene rings is 1. The van der Waals surface area contributed by atoms with Gasteiger partial charge < -0.3 is 10.4 Å². The summed E-state index contributed by atoms with van der Waals surface area (Å²) in [6.45, 7) is 2.76. The van der Waals surface area contributed by atoms with Crippen molar-refractivity contribution in [3.8, 4) is 0 Å². The zero-order chi connectivity index (χ0) is 12.5. The van der Waals surface area contributed by atoms with Gasteiger partial charge in [-0.2, -0.15) is 0 Å². The molecular weight excluding hydrogens is 224 g/mol. The minimum Gasteiger partial charge on any atom is -0.386 e. The lowest BCUT2D eigenvalue weighted by atomic mass is 9.97. The minimum atomic E-state index is -0.554. The molecule has 1 aromatic carbocycles. The van der Waals surface area contributed by atoms with Gasteiger partial charge in [-0.1, -0.05) is 30.3 Å². The molecule has 0 spiro atoms. The van der Waals surface area contributed by atoms with Crippen LogP contribution in [0.4, 0.5) is 0 Å². The molecular formula is C15H16N2O. The van der Waals surface area contributed by atoms with Crippen LogP contribution in [0.3, 0.4) is 0 Å². The van der Waals surface area contributed by atoms with Crippen LogP contribution in [0.2, 0.25) is 0 Å². The van der Waals surface area contributed by atoms with Crippen LogP contribution >= 0.6 is 0 Å².